The number of fused-ring (bicyclic) bond motifs is 1. The highest BCUT2D eigenvalue weighted by Gasteiger charge is 2.18. The number of phenols is 1. The van der Waals surface area contributed by atoms with Crippen LogP contribution in [0.5, 0.6) is 11.5 Å². The van der Waals surface area contributed by atoms with Crippen molar-refractivity contribution in [2.24, 2.45) is 0 Å². The maximum absolute atomic E-state index is 12.2. The molecule has 0 unspecified atom stereocenters. The normalized spacial score (nSPS) is 13.6. The van der Waals surface area contributed by atoms with Gasteiger partial charge in [-0.05, 0) is 151 Å². The summed E-state index contributed by atoms with van der Waals surface area (Å²) in [7, 11) is 0. The Morgan fingerprint density at radius 3 is 1.33 bits per heavy atom. The van der Waals surface area contributed by atoms with Crippen LogP contribution < -0.4 is 4.74 Å². The van der Waals surface area contributed by atoms with Gasteiger partial charge in [-0.3, -0.25) is 4.79 Å². The molecule has 0 aliphatic heterocycles. The van der Waals surface area contributed by atoms with Crippen molar-refractivity contribution in [3.8, 4) is 11.5 Å². The van der Waals surface area contributed by atoms with Gasteiger partial charge in [-0.1, -0.05) is 113 Å². The minimum Gasteiger partial charge on any atom is -0.507 e. The second-order valence-electron chi connectivity index (χ2n) is 15.2. The summed E-state index contributed by atoms with van der Waals surface area (Å²) < 4.78 is 5.73. The fourth-order valence-corrected chi connectivity index (χ4v) is 6.34. The van der Waals surface area contributed by atoms with Gasteiger partial charge in [-0.15, -0.1) is 0 Å². The lowest BCUT2D eigenvalue weighted by Crippen LogP contribution is -2.08. The van der Waals surface area contributed by atoms with Crippen molar-refractivity contribution in [2.75, 3.05) is 0 Å². The number of esters is 1. The molecule has 0 saturated carbocycles. The van der Waals surface area contributed by atoms with Crippen LogP contribution in [0.1, 0.15) is 157 Å². The van der Waals surface area contributed by atoms with Crippen LogP contribution in [-0.2, 0) is 11.2 Å². The van der Waals surface area contributed by atoms with Gasteiger partial charge in [0, 0.05) is 22.8 Å². The third-order valence-corrected chi connectivity index (χ3v) is 9.91. The molecule has 1 N–H and O–H groups in total. The quantitative estimate of drug-likeness (QED) is 0.0753. The van der Waals surface area contributed by atoms with Crippen LogP contribution in [0.15, 0.2) is 106 Å². The molecule has 0 aliphatic rings. The molecule has 0 saturated heterocycles. The topological polar surface area (TPSA) is 46.5 Å². The third kappa shape index (κ3) is 17.1. The van der Waals surface area contributed by atoms with E-state index in [0.717, 1.165) is 80.7 Å². The van der Waals surface area contributed by atoms with E-state index in [4.69, 9.17) is 4.74 Å². The molecule has 0 bridgehead atoms. The molecular weight excluding hydrogens is 637 g/mol. The maximum Gasteiger partial charge on any atom is 0.310 e. The predicted octanol–water partition coefficient (Wildman–Crippen LogP) is 15.0. The number of hydrogen-bond donors (Lipinski definition) is 1. The zero-order valence-electron chi connectivity index (χ0n) is 34.5. The van der Waals surface area contributed by atoms with Gasteiger partial charge in [0.05, 0.1) is 0 Å². The number of hydrogen-bond acceptors (Lipinski definition) is 3. The summed E-state index contributed by atoms with van der Waals surface area (Å²) in [6.07, 6.45) is 30.9. The van der Waals surface area contributed by atoms with Crippen molar-refractivity contribution in [3.63, 3.8) is 0 Å². The van der Waals surface area contributed by atoms with Crippen molar-refractivity contribution in [2.45, 2.75) is 159 Å². The Bertz CT molecular complexity index is 1660. The second-order valence-corrected chi connectivity index (χ2v) is 15.2. The Kier molecular flexibility index (Phi) is 20.8. The highest BCUT2D eigenvalue weighted by Crippen LogP contribution is 2.40. The van der Waals surface area contributed by atoms with Crippen LogP contribution in [0, 0.1) is 6.92 Å². The minimum atomic E-state index is -0.271. The van der Waals surface area contributed by atoms with Crippen LogP contribution in [0.25, 0.3) is 10.8 Å². The number of ether oxygens (including phenoxy) is 1. The number of aromatic hydroxyl groups is 1. The first-order valence-electron chi connectivity index (χ1n) is 19.8. The van der Waals surface area contributed by atoms with Gasteiger partial charge in [-0.25, -0.2) is 0 Å². The van der Waals surface area contributed by atoms with Crippen LogP contribution >= 0.6 is 0 Å². The third-order valence-electron chi connectivity index (χ3n) is 9.91. The van der Waals surface area contributed by atoms with E-state index in [-0.39, 0.29) is 11.7 Å². The molecule has 0 heterocycles. The molecule has 0 aromatic heterocycles. The van der Waals surface area contributed by atoms with Gasteiger partial charge in [0.15, 0.2) is 0 Å². The molecule has 0 atom stereocenters. The summed E-state index contributed by atoms with van der Waals surface area (Å²) in [5.41, 5.74) is 11.8. The summed E-state index contributed by atoms with van der Waals surface area (Å²) in [6, 6.07) is 7.58. The zero-order chi connectivity index (χ0) is 38.5. The van der Waals surface area contributed by atoms with Crippen molar-refractivity contribution in [3.05, 3.63) is 117 Å². The van der Waals surface area contributed by atoms with Gasteiger partial charge in [0.25, 0.3) is 0 Å². The summed E-state index contributed by atoms with van der Waals surface area (Å²) in [4.78, 5) is 12.2. The van der Waals surface area contributed by atoms with Gasteiger partial charge in [-0.2, -0.15) is 0 Å². The first kappa shape index (κ1) is 44.3. The Hall–Kier alpha value is -3.85. The van der Waals surface area contributed by atoms with Crippen molar-refractivity contribution in [1.29, 1.82) is 0 Å². The number of rotatable bonds is 22. The summed E-state index contributed by atoms with van der Waals surface area (Å²) in [6.45, 7) is 21.6. The van der Waals surface area contributed by atoms with E-state index < -0.39 is 0 Å². The van der Waals surface area contributed by atoms with Gasteiger partial charge in [0.2, 0.25) is 0 Å². The lowest BCUT2D eigenvalue weighted by Gasteiger charge is -2.16. The average molecular weight is 707 g/mol. The number of allylic oxidation sites excluding steroid dienone is 14. The first-order valence-corrected chi connectivity index (χ1v) is 19.8. The molecule has 2 aromatic rings. The molecule has 0 aliphatic carbocycles. The summed E-state index contributed by atoms with van der Waals surface area (Å²) in [5, 5.41) is 12.6. The predicted molar refractivity (Wildman–Crippen MR) is 227 cm³/mol. The molecular formula is C49H70O3. The van der Waals surface area contributed by atoms with Gasteiger partial charge < -0.3 is 9.84 Å². The Balaban J connectivity index is 1.75. The molecule has 52 heavy (non-hydrogen) atoms. The lowest BCUT2D eigenvalue weighted by atomic mass is 9.95. The highest BCUT2D eigenvalue weighted by molar-refractivity contribution is 5.97. The monoisotopic (exact) mass is 707 g/mol. The van der Waals surface area contributed by atoms with E-state index in [9.17, 15) is 9.90 Å². The molecule has 0 radical (unpaired) electrons. The number of carbonyl (C=O) groups is 1. The van der Waals surface area contributed by atoms with Crippen molar-refractivity contribution < 1.29 is 14.6 Å². The number of benzene rings is 2. The Morgan fingerprint density at radius 1 is 0.577 bits per heavy atom. The summed E-state index contributed by atoms with van der Waals surface area (Å²) in [5.74, 6) is 0.556. The maximum atomic E-state index is 12.2. The fourth-order valence-electron chi connectivity index (χ4n) is 6.34. The zero-order valence-corrected chi connectivity index (χ0v) is 34.5. The highest BCUT2D eigenvalue weighted by atomic mass is 16.5. The van der Waals surface area contributed by atoms with E-state index in [1.807, 2.05) is 31.2 Å². The van der Waals surface area contributed by atoms with Crippen molar-refractivity contribution in [1.82, 2.24) is 0 Å². The fraction of sp³-hybridized carbons (Fsp3) is 0.490. The van der Waals surface area contributed by atoms with Gasteiger partial charge >= 0.3 is 5.97 Å². The largest absolute Gasteiger partial charge is 0.507 e. The molecule has 284 valence electrons. The smallest absolute Gasteiger partial charge is 0.310 e. The molecule has 3 nitrogen and oxygen atoms in total. The van der Waals surface area contributed by atoms with E-state index in [1.165, 1.54) is 51.9 Å². The Morgan fingerprint density at radius 2 is 0.942 bits per heavy atom. The van der Waals surface area contributed by atoms with Gasteiger partial charge in [0.1, 0.15) is 11.5 Å². The van der Waals surface area contributed by atoms with Crippen molar-refractivity contribution >= 4 is 16.7 Å². The molecule has 2 aromatic carbocycles. The second kappa shape index (κ2) is 24.4. The van der Waals surface area contributed by atoms with Crippen LogP contribution in [0.2, 0.25) is 0 Å². The lowest BCUT2D eigenvalue weighted by molar-refractivity contribution is -0.133. The minimum absolute atomic E-state index is 0.271. The van der Waals surface area contributed by atoms with Crippen LogP contribution in [-0.4, -0.2) is 11.1 Å². The average Bonchev–Trinajstić information content (AvgIpc) is 3.09. The number of carbonyl (C=O) groups excluding carboxylic acids is 1. The van der Waals surface area contributed by atoms with E-state index >= 15 is 0 Å². The van der Waals surface area contributed by atoms with Crippen LogP contribution in [0.4, 0.5) is 0 Å². The van der Waals surface area contributed by atoms with E-state index in [0.29, 0.717) is 24.0 Å². The molecule has 0 fully saturated rings. The molecule has 2 rings (SSSR count). The molecule has 0 spiro atoms. The van der Waals surface area contributed by atoms with E-state index in [1.54, 1.807) is 6.92 Å². The first-order chi connectivity index (χ1) is 24.8. The summed E-state index contributed by atoms with van der Waals surface area (Å²) >= 11 is 0. The molecule has 3 heteroatoms. The SMILES string of the molecule is CCC(=O)Oc1c(C)c(C/C=C(\C)CC/C=C(\C)CC/C=C(\C)CC/C=C(\C)CC/C=C(\C)CC/C=C(\C)CCC=C(C)C)c(O)c2ccccc12. The van der Waals surface area contributed by atoms with Crippen LogP contribution in [0.3, 0.4) is 0 Å². The van der Waals surface area contributed by atoms with E-state index in [2.05, 4.69) is 97.9 Å². The standard InChI is InChI=1S/C49H70O3/c1-11-47(50)52-49-43(10)44(48(51)45-32-12-13-33-46(45)49)35-34-42(9)31-19-30-41(8)29-18-28-40(7)27-17-26-39(6)25-16-24-38(5)23-15-22-37(4)21-14-20-36(2)3/h12-13,20,22,24,26,28,30,32-34,51H,11,14-19,21,23,25,27,29,31,35H2,1-10H3/b37-22+,38-24+,39-26+,40-28+,41-30+,42-34+. The molecule has 0 amide bonds. The Labute approximate surface area is 318 Å². The number of phenolic OH excluding ortho intramolecular Hbond substituents is 1.